The quantitative estimate of drug-likeness (QED) is 0.546. The molecule has 1 rings (SSSR count). The molecule has 0 spiro atoms. The first-order valence-electron chi connectivity index (χ1n) is 3.64. The SMILES string of the molecule is N#C/C=C(\C(=O)O)c1ccccc1. The number of benzene rings is 1. The van der Waals surface area contributed by atoms with E-state index >= 15 is 0 Å². The number of carboxylic acids is 1. The van der Waals surface area contributed by atoms with E-state index < -0.39 is 5.97 Å². The Kier molecular flexibility index (Phi) is 2.82. The average Bonchev–Trinajstić information content (AvgIpc) is 2.15. The molecule has 1 N–H and O–H groups in total. The van der Waals surface area contributed by atoms with Crippen LogP contribution >= 0.6 is 0 Å². The maximum absolute atomic E-state index is 10.7. The predicted molar refractivity (Wildman–Crippen MR) is 47.7 cm³/mol. The smallest absolute Gasteiger partial charge is 0.337 e. The Morgan fingerprint density at radius 3 is 2.46 bits per heavy atom. The van der Waals surface area contributed by atoms with Crippen LogP contribution in [0.5, 0.6) is 0 Å². The summed E-state index contributed by atoms with van der Waals surface area (Å²) in [7, 11) is 0. The number of rotatable bonds is 2. The zero-order chi connectivity index (χ0) is 9.68. The van der Waals surface area contributed by atoms with Crippen molar-refractivity contribution in [2.75, 3.05) is 0 Å². The van der Waals surface area contributed by atoms with Gasteiger partial charge < -0.3 is 5.11 Å². The number of carboxylic acid groups (broad SMARTS) is 1. The highest BCUT2D eigenvalue weighted by atomic mass is 16.4. The first kappa shape index (κ1) is 9.01. The second-order valence-corrected chi connectivity index (χ2v) is 2.36. The molecule has 64 valence electrons. The zero-order valence-electron chi connectivity index (χ0n) is 6.77. The summed E-state index contributed by atoms with van der Waals surface area (Å²) in [6, 6.07) is 10.2. The Bertz CT molecular complexity index is 374. The molecule has 0 amide bonds. The summed E-state index contributed by atoms with van der Waals surface area (Å²) in [5, 5.41) is 17.1. The first-order chi connectivity index (χ1) is 6.25. The molecule has 0 atom stereocenters. The van der Waals surface area contributed by atoms with E-state index in [4.69, 9.17) is 10.4 Å². The molecule has 0 heterocycles. The summed E-state index contributed by atoms with van der Waals surface area (Å²) in [5.74, 6) is -1.09. The van der Waals surface area contributed by atoms with Crippen molar-refractivity contribution < 1.29 is 9.90 Å². The molecule has 1 aromatic rings. The van der Waals surface area contributed by atoms with Crippen molar-refractivity contribution in [1.29, 1.82) is 5.26 Å². The van der Waals surface area contributed by atoms with Crippen LogP contribution in [0.1, 0.15) is 5.56 Å². The molecule has 0 unspecified atom stereocenters. The lowest BCUT2D eigenvalue weighted by molar-refractivity contribution is -0.130. The monoisotopic (exact) mass is 173 g/mol. The second kappa shape index (κ2) is 4.07. The topological polar surface area (TPSA) is 61.1 Å². The van der Waals surface area contributed by atoms with E-state index in [0.717, 1.165) is 6.08 Å². The minimum Gasteiger partial charge on any atom is -0.478 e. The maximum Gasteiger partial charge on any atom is 0.337 e. The number of hydrogen-bond acceptors (Lipinski definition) is 2. The molecule has 0 aromatic heterocycles. The van der Waals surface area contributed by atoms with Gasteiger partial charge in [-0.15, -0.1) is 0 Å². The number of nitriles is 1. The fourth-order valence-electron chi connectivity index (χ4n) is 0.951. The van der Waals surface area contributed by atoms with Gasteiger partial charge in [0.15, 0.2) is 0 Å². The summed E-state index contributed by atoms with van der Waals surface area (Å²) >= 11 is 0. The summed E-state index contributed by atoms with van der Waals surface area (Å²) in [5.41, 5.74) is 0.555. The molecular formula is C10H7NO2. The van der Waals surface area contributed by atoms with Gasteiger partial charge in [0.25, 0.3) is 0 Å². The largest absolute Gasteiger partial charge is 0.478 e. The molecule has 3 nitrogen and oxygen atoms in total. The second-order valence-electron chi connectivity index (χ2n) is 2.36. The van der Waals surface area contributed by atoms with Gasteiger partial charge in [-0.05, 0) is 5.56 Å². The standard InChI is InChI=1S/C10H7NO2/c11-7-6-9(10(12)13)8-4-2-1-3-5-8/h1-6H,(H,12,13)/b9-6-. The van der Waals surface area contributed by atoms with Gasteiger partial charge in [-0.1, -0.05) is 30.3 Å². The average molecular weight is 173 g/mol. The molecule has 0 aliphatic heterocycles. The van der Waals surface area contributed by atoms with Crippen molar-refractivity contribution >= 4 is 11.5 Å². The van der Waals surface area contributed by atoms with Crippen LogP contribution in [-0.2, 0) is 4.79 Å². The van der Waals surface area contributed by atoms with E-state index in [-0.39, 0.29) is 5.57 Å². The van der Waals surface area contributed by atoms with Gasteiger partial charge in [0.1, 0.15) is 0 Å². The minimum atomic E-state index is -1.09. The number of allylic oxidation sites excluding steroid dienone is 1. The molecule has 3 heteroatoms. The molecule has 0 saturated heterocycles. The van der Waals surface area contributed by atoms with Gasteiger partial charge in [0, 0.05) is 6.08 Å². The highest BCUT2D eigenvalue weighted by Gasteiger charge is 2.08. The molecule has 0 radical (unpaired) electrons. The summed E-state index contributed by atoms with van der Waals surface area (Å²) < 4.78 is 0. The third kappa shape index (κ3) is 2.17. The third-order valence-corrected chi connectivity index (χ3v) is 1.52. The first-order valence-corrected chi connectivity index (χ1v) is 3.64. The van der Waals surface area contributed by atoms with Crippen molar-refractivity contribution in [1.82, 2.24) is 0 Å². The van der Waals surface area contributed by atoms with Crippen LogP contribution in [-0.4, -0.2) is 11.1 Å². The van der Waals surface area contributed by atoms with E-state index in [1.807, 2.05) is 0 Å². The van der Waals surface area contributed by atoms with Crippen LogP contribution in [0.4, 0.5) is 0 Å². The van der Waals surface area contributed by atoms with Gasteiger partial charge in [0.2, 0.25) is 0 Å². The Hall–Kier alpha value is -2.08. The van der Waals surface area contributed by atoms with E-state index in [0.29, 0.717) is 5.56 Å². The van der Waals surface area contributed by atoms with E-state index in [1.54, 1.807) is 36.4 Å². The molecule has 13 heavy (non-hydrogen) atoms. The van der Waals surface area contributed by atoms with Crippen molar-refractivity contribution in [3.05, 3.63) is 42.0 Å². The minimum absolute atomic E-state index is 0.0168. The van der Waals surface area contributed by atoms with Gasteiger partial charge in [-0.2, -0.15) is 5.26 Å². The Morgan fingerprint density at radius 1 is 1.38 bits per heavy atom. The van der Waals surface area contributed by atoms with Crippen molar-refractivity contribution in [2.24, 2.45) is 0 Å². The van der Waals surface area contributed by atoms with Gasteiger partial charge in [-0.3, -0.25) is 0 Å². The summed E-state index contributed by atoms with van der Waals surface area (Å²) in [4.78, 5) is 10.7. The van der Waals surface area contributed by atoms with Crippen LogP contribution in [0.25, 0.3) is 5.57 Å². The Morgan fingerprint density at radius 2 is 2.00 bits per heavy atom. The van der Waals surface area contributed by atoms with E-state index in [2.05, 4.69) is 0 Å². The lowest BCUT2D eigenvalue weighted by atomic mass is 10.1. The fraction of sp³-hybridized carbons (Fsp3) is 0. The molecule has 0 bridgehead atoms. The van der Waals surface area contributed by atoms with Crippen LogP contribution in [0, 0.1) is 11.3 Å². The molecule has 0 saturated carbocycles. The van der Waals surface area contributed by atoms with Crippen LogP contribution in [0.3, 0.4) is 0 Å². The zero-order valence-corrected chi connectivity index (χ0v) is 6.77. The molecule has 0 aliphatic rings. The lowest BCUT2D eigenvalue weighted by Crippen LogP contribution is -1.98. The van der Waals surface area contributed by atoms with Crippen LogP contribution in [0.2, 0.25) is 0 Å². The molecule has 0 aliphatic carbocycles. The normalized spacial score (nSPS) is 10.5. The van der Waals surface area contributed by atoms with E-state index in [9.17, 15) is 4.79 Å². The maximum atomic E-state index is 10.7. The van der Waals surface area contributed by atoms with Crippen molar-refractivity contribution in [3.63, 3.8) is 0 Å². The predicted octanol–water partition coefficient (Wildman–Crippen LogP) is 1.68. The van der Waals surface area contributed by atoms with Gasteiger partial charge >= 0.3 is 5.97 Å². The van der Waals surface area contributed by atoms with Gasteiger partial charge in [0.05, 0.1) is 11.6 Å². The molecule has 1 aromatic carbocycles. The Labute approximate surface area is 75.5 Å². The fourth-order valence-corrected chi connectivity index (χ4v) is 0.951. The Balaban J connectivity index is 3.13. The number of nitrogens with zero attached hydrogens (tertiary/aromatic N) is 1. The number of carbonyl (C=O) groups is 1. The molecule has 0 fully saturated rings. The summed E-state index contributed by atoms with van der Waals surface area (Å²) in [6.45, 7) is 0. The number of hydrogen-bond donors (Lipinski definition) is 1. The summed E-state index contributed by atoms with van der Waals surface area (Å²) in [6.07, 6.45) is 1.03. The van der Waals surface area contributed by atoms with Crippen LogP contribution < -0.4 is 0 Å². The van der Waals surface area contributed by atoms with Gasteiger partial charge in [-0.25, -0.2) is 4.79 Å². The van der Waals surface area contributed by atoms with Crippen LogP contribution in [0.15, 0.2) is 36.4 Å². The lowest BCUT2D eigenvalue weighted by Gasteiger charge is -1.98. The van der Waals surface area contributed by atoms with Crippen molar-refractivity contribution in [2.45, 2.75) is 0 Å². The third-order valence-electron chi connectivity index (χ3n) is 1.52. The van der Waals surface area contributed by atoms with Crippen molar-refractivity contribution in [3.8, 4) is 6.07 Å². The molecular weight excluding hydrogens is 166 g/mol. The number of aliphatic carboxylic acids is 1. The highest BCUT2D eigenvalue weighted by molar-refractivity contribution is 6.15. The van der Waals surface area contributed by atoms with E-state index in [1.165, 1.54) is 0 Å². The highest BCUT2D eigenvalue weighted by Crippen LogP contribution is 2.13.